The quantitative estimate of drug-likeness (QED) is 0.754. The van der Waals surface area contributed by atoms with E-state index in [0.717, 1.165) is 0 Å². The lowest BCUT2D eigenvalue weighted by atomic mass is 10.2. The first-order valence-electron chi connectivity index (χ1n) is 5.92. The van der Waals surface area contributed by atoms with Gasteiger partial charge in [-0.25, -0.2) is 4.79 Å². The number of benzene rings is 2. The van der Waals surface area contributed by atoms with E-state index in [-0.39, 0.29) is 5.69 Å². The molecule has 0 aliphatic rings. The summed E-state index contributed by atoms with van der Waals surface area (Å²) in [4.78, 5) is 13.7. The molecule has 0 saturated carbocycles. The molecule has 0 unspecified atom stereocenters. The van der Waals surface area contributed by atoms with Crippen LogP contribution in [0.15, 0.2) is 48.5 Å². The Morgan fingerprint density at radius 3 is 2.60 bits per heavy atom. The summed E-state index contributed by atoms with van der Waals surface area (Å²) in [6.07, 6.45) is 0. The van der Waals surface area contributed by atoms with Gasteiger partial charge in [-0.2, -0.15) is 0 Å². The Morgan fingerprint density at radius 1 is 1.15 bits per heavy atom. The minimum Gasteiger partial charge on any atom is -0.477 e. The lowest BCUT2D eigenvalue weighted by Crippen LogP contribution is -1.94. The monoisotopic (exact) mass is 287 g/mol. The van der Waals surface area contributed by atoms with Gasteiger partial charge in [-0.1, -0.05) is 29.8 Å². The highest BCUT2D eigenvalue weighted by atomic mass is 35.5. The fourth-order valence-electron chi connectivity index (χ4n) is 1.96. The SMILES string of the molecule is O=C(O)c1cc2c(Cl)c(Oc3ccccc3)ccc2[nH]1. The van der Waals surface area contributed by atoms with Crippen molar-refractivity contribution in [1.29, 1.82) is 0 Å². The molecule has 20 heavy (non-hydrogen) atoms. The summed E-state index contributed by atoms with van der Waals surface area (Å²) in [6, 6.07) is 14.2. The van der Waals surface area contributed by atoms with Crippen LogP contribution in [-0.4, -0.2) is 16.1 Å². The standard InChI is InChI=1S/C15H10ClNO3/c16-14-10-8-12(15(18)19)17-11(10)6-7-13(14)20-9-4-2-1-3-5-9/h1-8,17H,(H,18,19). The van der Waals surface area contributed by atoms with E-state index >= 15 is 0 Å². The molecule has 0 aliphatic carbocycles. The molecular weight excluding hydrogens is 278 g/mol. The Kier molecular flexibility index (Phi) is 3.08. The van der Waals surface area contributed by atoms with Gasteiger partial charge in [0.1, 0.15) is 17.2 Å². The summed E-state index contributed by atoms with van der Waals surface area (Å²) in [5, 5.41) is 9.98. The molecule has 2 N–H and O–H groups in total. The summed E-state index contributed by atoms with van der Waals surface area (Å²) in [5.41, 5.74) is 0.756. The van der Waals surface area contributed by atoms with Gasteiger partial charge in [0.25, 0.3) is 0 Å². The van der Waals surface area contributed by atoms with E-state index in [0.29, 0.717) is 27.4 Å². The van der Waals surface area contributed by atoms with Crippen molar-refractivity contribution in [1.82, 2.24) is 4.98 Å². The number of carboxylic acids is 1. The van der Waals surface area contributed by atoms with E-state index in [1.54, 1.807) is 12.1 Å². The molecule has 0 fully saturated rings. The molecule has 0 atom stereocenters. The number of rotatable bonds is 3. The summed E-state index contributed by atoms with van der Waals surface area (Å²) < 4.78 is 5.69. The molecular formula is C15H10ClNO3. The lowest BCUT2D eigenvalue weighted by Gasteiger charge is -2.07. The number of hydrogen-bond donors (Lipinski definition) is 2. The number of carboxylic acid groups (broad SMARTS) is 1. The number of nitrogens with one attached hydrogen (secondary N) is 1. The topological polar surface area (TPSA) is 62.3 Å². The highest BCUT2D eigenvalue weighted by molar-refractivity contribution is 6.37. The van der Waals surface area contributed by atoms with Crippen molar-refractivity contribution < 1.29 is 14.6 Å². The first-order chi connectivity index (χ1) is 9.65. The Hall–Kier alpha value is -2.46. The van der Waals surface area contributed by atoms with Gasteiger partial charge in [-0.3, -0.25) is 0 Å². The minimum atomic E-state index is -1.03. The molecule has 0 radical (unpaired) electrons. The highest BCUT2D eigenvalue weighted by Gasteiger charge is 2.13. The smallest absolute Gasteiger partial charge is 0.352 e. The third-order valence-corrected chi connectivity index (χ3v) is 3.29. The Morgan fingerprint density at radius 2 is 1.90 bits per heavy atom. The first kappa shape index (κ1) is 12.6. The van der Waals surface area contributed by atoms with Gasteiger partial charge < -0.3 is 14.8 Å². The number of carbonyl (C=O) groups is 1. The molecule has 3 rings (SSSR count). The number of aromatic carboxylic acids is 1. The average molecular weight is 288 g/mol. The van der Waals surface area contributed by atoms with Gasteiger partial charge in [0, 0.05) is 10.9 Å². The van der Waals surface area contributed by atoms with Gasteiger partial charge in [-0.15, -0.1) is 0 Å². The highest BCUT2D eigenvalue weighted by Crippen LogP contribution is 2.35. The maximum absolute atomic E-state index is 11.0. The van der Waals surface area contributed by atoms with Gasteiger partial charge in [0.2, 0.25) is 0 Å². The van der Waals surface area contributed by atoms with E-state index in [1.165, 1.54) is 6.07 Å². The zero-order chi connectivity index (χ0) is 14.1. The van der Waals surface area contributed by atoms with Crippen molar-refractivity contribution in [2.24, 2.45) is 0 Å². The number of ether oxygens (including phenoxy) is 1. The second-order valence-electron chi connectivity index (χ2n) is 4.24. The molecule has 5 heteroatoms. The summed E-state index contributed by atoms with van der Waals surface area (Å²) in [6.45, 7) is 0. The minimum absolute atomic E-state index is 0.0961. The normalized spacial score (nSPS) is 10.7. The summed E-state index contributed by atoms with van der Waals surface area (Å²) in [5.74, 6) is 0.131. The van der Waals surface area contributed by atoms with Crippen LogP contribution in [0, 0.1) is 0 Å². The van der Waals surface area contributed by atoms with Crippen LogP contribution in [0.2, 0.25) is 5.02 Å². The van der Waals surface area contributed by atoms with Crippen molar-refractivity contribution in [2.75, 3.05) is 0 Å². The molecule has 1 heterocycles. The lowest BCUT2D eigenvalue weighted by molar-refractivity contribution is 0.0691. The number of para-hydroxylation sites is 1. The average Bonchev–Trinajstić information content (AvgIpc) is 2.88. The predicted molar refractivity (Wildman–Crippen MR) is 76.8 cm³/mol. The van der Waals surface area contributed by atoms with Gasteiger partial charge in [-0.05, 0) is 30.3 Å². The van der Waals surface area contributed by atoms with Crippen LogP contribution >= 0.6 is 11.6 Å². The summed E-state index contributed by atoms with van der Waals surface area (Å²) in [7, 11) is 0. The van der Waals surface area contributed by atoms with Crippen molar-refractivity contribution in [2.45, 2.75) is 0 Å². The molecule has 2 aromatic carbocycles. The zero-order valence-corrected chi connectivity index (χ0v) is 11.0. The molecule has 0 aliphatic heterocycles. The van der Waals surface area contributed by atoms with Crippen LogP contribution in [0.4, 0.5) is 0 Å². The third kappa shape index (κ3) is 2.21. The predicted octanol–water partition coefficient (Wildman–Crippen LogP) is 4.31. The van der Waals surface area contributed by atoms with E-state index in [4.69, 9.17) is 21.4 Å². The Labute approximate surface area is 119 Å². The van der Waals surface area contributed by atoms with Gasteiger partial charge in [0.15, 0.2) is 0 Å². The fraction of sp³-hybridized carbons (Fsp3) is 0. The Balaban J connectivity index is 2.04. The molecule has 1 aromatic heterocycles. The fourth-order valence-corrected chi connectivity index (χ4v) is 2.22. The van der Waals surface area contributed by atoms with Crippen LogP contribution in [0.25, 0.3) is 10.9 Å². The third-order valence-electron chi connectivity index (χ3n) is 2.90. The molecule has 0 bridgehead atoms. The largest absolute Gasteiger partial charge is 0.477 e. The number of aromatic amines is 1. The zero-order valence-electron chi connectivity index (χ0n) is 10.3. The van der Waals surface area contributed by atoms with Crippen LogP contribution < -0.4 is 4.74 Å². The number of aromatic nitrogens is 1. The van der Waals surface area contributed by atoms with Gasteiger partial charge >= 0.3 is 5.97 Å². The molecule has 0 amide bonds. The molecule has 100 valence electrons. The molecule has 0 spiro atoms. The van der Waals surface area contributed by atoms with Crippen LogP contribution in [0.3, 0.4) is 0 Å². The van der Waals surface area contributed by atoms with Crippen LogP contribution in [-0.2, 0) is 0 Å². The number of halogens is 1. The van der Waals surface area contributed by atoms with Crippen molar-refractivity contribution >= 4 is 28.5 Å². The van der Waals surface area contributed by atoms with Crippen LogP contribution in [0.1, 0.15) is 10.5 Å². The maximum Gasteiger partial charge on any atom is 0.352 e. The Bertz CT molecular complexity index is 780. The second-order valence-corrected chi connectivity index (χ2v) is 4.62. The molecule has 4 nitrogen and oxygen atoms in total. The van der Waals surface area contributed by atoms with Crippen molar-refractivity contribution in [3.63, 3.8) is 0 Å². The summed E-state index contributed by atoms with van der Waals surface area (Å²) >= 11 is 6.27. The maximum atomic E-state index is 11.0. The van der Waals surface area contributed by atoms with Crippen molar-refractivity contribution in [3.8, 4) is 11.5 Å². The first-order valence-corrected chi connectivity index (χ1v) is 6.30. The second kappa shape index (κ2) is 4.90. The van der Waals surface area contributed by atoms with E-state index in [1.807, 2.05) is 30.3 Å². The van der Waals surface area contributed by atoms with E-state index < -0.39 is 5.97 Å². The van der Waals surface area contributed by atoms with Crippen molar-refractivity contribution in [3.05, 3.63) is 59.2 Å². The molecule has 0 saturated heterocycles. The number of fused-ring (bicyclic) bond motifs is 1. The molecule has 3 aromatic rings. The number of H-pyrrole nitrogens is 1. The van der Waals surface area contributed by atoms with E-state index in [9.17, 15) is 4.79 Å². The van der Waals surface area contributed by atoms with Gasteiger partial charge in [0.05, 0.1) is 5.02 Å². The van der Waals surface area contributed by atoms with Crippen LogP contribution in [0.5, 0.6) is 11.5 Å². The number of hydrogen-bond acceptors (Lipinski definition) is 2. The van der Waals surface area contributed by atoms with E-state index in [2.05, 4.69) is 4.98 Å².